The zero-order valence-electron chi connectivity index (χ0n) is 12.0. The van der Waals surface area contributed by atoms with Gasteiger partial charge in [-0.15, -0.1) is 0 Å². The molecule has 0 aliphatic carbocycles. The van der Waals surface area contributed by atoms with Gasteiger partial charge in [0.05, 0.1) is 22.4 Å². The zero-order valence-corrected chi connectivity index (χ0v) is 13.6. The van der Waals surface area contributed by atoms with Crippen molar-refractivity contribution in [3.8, 4) is 0 Å². The third-order valence-corrected chi connectivity index (χ3v) is 3.98. The van der Waals surface area contributed by atoms with Gasteiger partial charge in [0.2, 0.25) is 0 Å². The molecule has 2 aromatic rings. The van der Waals surface area contributed by atoms with Crippen LogP contribution >= 0.6 is 15.9 Å². The van der Waals surface area contributed by atoms with E-state index in [1.165, 1.54) is 6.07 Å². The van der Waals surface area contributed by atoms with Gasteiger partial charge in [-0.25, -0.2) is 8.78 Å². The normalized spacial score (nSPS) is 12.6. The van der Waals surface area contributed by atoms with Gasteiger partial charge in [0.25, 0.3) is 0 Å². The second kappa shape index (κ2) is 7.13. The topological polar surface area (TPSA) is 29.9 Å². The molecule has 3 nitrogen and oxygen atoms in total. The molecule has 1 aromatic carbocycles. The van der Waals surface area contributed by atoms with Crippen LogP contribution in [-0.4, -0.2) is 16.3 Å². The summed E-state index contributed by atoms with van der Waals surface area (Å²) in [5, 5.41) is 7.60. The summed E-state index contributed by atoms with van der Waals surface area (Å²) in [6, 6.07) is 4.14. The molecular weight excluding hydrogens is 340 g/mol. The van der Waals surface area contributed by atoms with E-state index in [2.05, 4.69) is 26.3 Å². The number of aromatic nitrogens is 2. The first kappa shape index (κ1) is 16.1. The molecule has 114 valence electrons. The summed E-state index contributed by atoms with van der Waals surface area (Å²) in [5.41, 5.74) is 1.31. The Morgan fingerprint density at radius 1 is 1.33 bits per heavy atom. The maximum atomic E-state index is 13.9. The van der Waals surface area contributed by atoms with Crippen LogP contribution in [0.3, 0.4) is 0 Å². The summed E-state index contributed by atoms with van der Waals surface area (Å²) in [4.78, 5) is 0. The lowest BCUT2D eigenvalue weighted by Gasteiger charge is -2.20. The summed E-state index contributed by atoms with van der Waals surface area (Å²) in [5.74, 6) is -1.59. The molecule has 1 aromatic heterocycles. The standard InChI is InChI=1S/C15H18BrF2N3/c1-3-19-13(15-11(16)9-20-21(15)4-2)8-10-6-5-7-12(17)14(10)18/h5-7,9,13,19H,3-4,8H2,1-2H3. The van der Waals surface area contributed by atoms with Gasteiger partial charge in [0, 0.05) is 6.54 Å². The number of likely N-dealkylation sites (N-methyl/N-ethyl adjacent to an activating group) is 1. The molecule has 0 saturated heterocycles. The van der Waals surface area contributed by atoms with E-state index in [0.717, 1.165) is 22.8 Å². The Bertz CT molecular complexity index is 613. The minimum Gasteiger partial charge on any atom is -0.309 e. The van der Waals surface area contributed by atoms with Gasteiger partial charge in [-0.1, -0.05) is 19.1 Å². The molecule has 1 unspecified atom stereocenters. The summed E-state index contributed by atoms with van der Waals surface area (Å²) >= 11 is 3.48. The van der Waals surface area contributed by atoms with Gasteiger partial charge in [-0.05, 0) is 47.4 Å². The number of aryl methyl sites for hydroxylation is 1. The Morgan fingerprint density at radius 3 is 2.76 bits per heavy atom. The average Bonchev–Trinajstić information content (AvgIpc) is 2.84. The monoisotopic (exact) mass is 357 g/mol. The van der Waals surface area contributed by atoms with Gasteiger partial charge < -0.3 is 5.32 Å². The molecule has 0 radical (unpaired) electrons. The molecule has 1 atom stereocenters. The van der Waals surface area contributed by atoms with Crippen molar-refractivity contribution < 1.29 is 8.78 Å². The number of nitrogens with one attached hydrogen (secondary N) is 1. The first-order valence-electron chi connectivity index (χ1n) is 6.95. The molecule has 0 bridgehead atoms. The lowest BCUT2D eigenvalue weighted by Crippen LogP contribution is -2.26. The number of halogens is 3. The first-order valence-corrected chi connectivity index (χ1v) is 7.75. The molecule has 0 saturated carbocycles. The summed E-state index contributed by atoms with van der Waals surface area (Å²) < 4.78 is 30.0. The average molecular weight is 358 g/mol. The number of benzene rings is 1. The van der Waals surface area contributed by atoms with Crippen molar-refractivity contribution in [3.05, 3.63) is 51.8 Å². The fourth-order valence-corrected chi connectivity index (χ4v) is 2.98. The molecule has 0 aliphatic rings. The third-order valence-electron chi connectivity index (χ3n) is 3.37. The van der Waals surface area contributed by atoms with E-state index in [4.69, 9.17) is 0 Å². The van der Waals surface area contributed by atoms with E-state index in [-0.39, 0.29) is 6.04 Å². The Balaban J connectivity index is 2.35. The summed E-state index contributed by atoms with van der Waals surface area (Å²) in [6.45, 7) is 5.42. The number of hydrogen-bond donors (Lipinski definition) is 1. The van der Waals surface area contributed by atoms with Crippen molar-refractivity contribution in [3.63, 3.8) is 0 Å². The first-order chi connectivity index (χ1) is 10.1. The van der Waals surface area contributed by atoms with Crippen LogP contribution in [0.2, 0.25) is 0 Å². The van der Waals surface area contributed by atoms with Gasteiger partial charge >= 0.3 is 0 Å². The van der Waals surface area contributed by atoms with Gasteiger partial charge in [0.1, 0.15) is 0 Å². The van der Waals surface area contributed by atoms with Crippen molar-refractivity contribution in [1.82, 2.24) is 15.1 Å². The van der Waals surface area contributed by atoms with Gasteiger partial charge in [-0.3, -0.25) is 4.68 Å². The number of rotatable bonds is 6. The Hall–Kier alpha value is -1.27. The van der Waals surface area contributed by atoms with Gasteiger partial charge in [-0.2, -0.15) is 5.10 Å². The quantitative estimate of drug-likeness (QED) is 0.851. The molecular formula is C15H18BrF2N3. The van der Waals surface area contributed by atoms with Gasteiger partial charge in [0.15, 0.2) is 11.6 Å². The number of nitrogens with zero attached hydrogens (tertiary/aromatic N) is 2. The summed E-state index contributed by atoms with van der Waals surface area (Å²) in [6.07, 6.45) is 2.09. The van der Waals surface area contributed by atoms with Crippen molar-refractivity contribution in [1.29, 1.82) is 0 Å². The Morgan fingerprint density at radius 2 is 2.10 bits per heavy atom. The van der Waals surface area contributed by atoms with Crippen LogP contribution in [0.5, 0.6) is 0 Å². The lowest BCUT2D eigenvalue weighted by atomic mass is 10.0. The minimum atomic E-state index is -0.814. The Labute approximate surface area is 131 Å². The molecule has 21 heavy (non-hydrogen) atoms. The van der Waals surface area contributed by atoms with E-state index in [1.54, 1.807) is 12.3 Å². The van der Waals surface area contributed by atoms with Crippen LogP contribution < -0.4 is 5.32 Å². The lowest BCUT2D eigenvalue weighted by molar-refractivity contribution is 0.462. The highest BCUT2D eigenvalue weighted by atomic mass is 79.9. The molecule has 2 rings (SSSR count). The Kier molecular flexibility index (Phi) is 5.47. The van der Waals surface area contributed by atoms with Crippen LogP contribution in [0.25, 0.3) is 0 Å². The highest BCUT2D eigenvalue weighted by Gasteiger charge is 2.21. The molecule has 0 fully saturated rings. The molecule has 0 amide bonds. The molecule has 6 heteroatoms. The fraction of sp³-hybridized carbons (Fsp3) is 0.400. The van der Waals surface area contributed by atoms with Crippen molar-refractivity contribution >= 4 is 15.9 Å². The predicted molar refractivity (Wildman–Crippen MR) is 82.1 cm³/mol. The molecule has 1 N–H and O–H groups in total. The SMILES string of the molecule is CCNC(Cc1cccc(F)c1F)c1c(Br)cnn1CC. The van der Waals surface area contributed by atoms with Crippen molar-refractivity contribution in [2.24, 2.45) is 0 Å². The van der Waals surface area contributed by atoms with E-state index in [1.807, 2.05) is 18.5 Å². The van der Waals surface area contributed by atoms with Crippen LogP contribution in [-0.2, 0) is 13.0 Å². The molecule has 1 heterocycles. The van der Waals surface area contributed by atoms with Crippen molar-refractivity contribution in [2.75, 3.05) is 6.54 Å². The highest BCUT2D eigenvalue weighted by Crippen LogP contribution is 2.27. The maximum absolute atomic E-state index is 13.9. The second-order valence-electron chi connectivity index (χ2n) is 4.72. The van der Waals surface area contributed by atoms with E-state index in [9.17, 15) is 8.78 Å². The maximum Gasteiger partial charge on any atom is 0.162 e. The fourth-order valence-electron chi connectivity index (χ4n) is 2.41. The third kappa shape index (κ3) is 3.49. The second-order valence-corrected chi connectivity index (χ2v) is 5.58. The van der Waals surface area contributed by atoms with E-state index >= 15 is 0 Å². The van der Waals surface area contributed by atoms with Crippen LogP contribution in [0.1, 0.15) is 31.1 Å². The van der Waals surface area contributed by atoms with Crippen LogP contribution in [0, 0.1) is 11.6 Å². The van der Waals surface area contributed by atoms with E-state index < -0.39 is 11.6 Å². The summed E-state index contributed by atoms with van der Waals surface area (Å²) in [7, 11) is 0. The van der Waals surface area contributed by atoms with Crippen molar-refractivity contribution in [2.45, 2.75) is 32.9 Å². The molecule has 0 aliphatic heterocycles. The predicted octanol–water partition coefficient (Wildman–Crippen LogP) is 3.84. The van der Waals surface area contributed by atoms with Crippen LogP contribution in [0.15, 0.2) is 28.9 Å². The largest absolute Gasteiger partial charge is 0.309 e. The minimum absolute atomic E-state index is 0.136. The molecule has 0 spiro atoms. The highest BCUT2D eigenvalue weighted by molar-refractivity contribution is 9.10. The number of hydrogen-bond acceptors (Lipinski definition) is 2. The van der Waals surface area contributed by atoms with E-state index in [0.29, 0.717) is 18.5 Å². The smallest absolute Gasteiger partial charge is 0.162 e. The zero-order chi connectivity index (χ0) is 15.4. The van der Waals surface area contributed by atoms with Crippen LogP contribution in [0.4, 0.5) is 8.78 Å².